The molecule has 28 heavy (non-hydrogen) atoms. The Morgan fingerprint density at radius 1 is 1.25 bits per heavy atom. The molecule has 1 atom stereocenters. The lowest BCUT2D eigenvalue weighted by Crippen LogP contribution is -2.58. The van der Waals surface area contributed by atoms with Crippen molar-refractivity contribution in [2.75, 3.05) is 18.3 Å². The quantitative estimate of drug-likeness (QED) is 0.500. The molecule has 0 radical (unpaired) electrons. The maximum atomic E-state index is 12.9. The summed E-state index contributed by atoms with van der Waals surface area (Å²) in [6.45, 7) is 1.50. The van der Waals surface area contributed by atoms with Crippen molar-refractivity contribution in [2.24, 2.45) is 0 Å². The van der Waals surface area contributed by atoms with E-state index in [2.05, 4.69) is 10.1 Å². The summed E-state index contributed by atoms with van der Waals surface area (Å²) in [5.41, 5.74) is 2.43. The first-order valence-electron chi connectivity index (χ1n) is 8.63. The Morgan fingerprint density at radius 2 is 2.04 bits per heavy atom. The van der Waals surface area contributed by atoms with E-state index in [0.29, 0.717) is 27.9 Å². The Kier molecular flexibility index (Phi) is 4.64. The van der Waals surface area contributed by atoms with Crippen molar-refractivity contribution < 1.29 is 19.3 Å². The van der Waals surface area contributed by atoms with E-state index in [9.17, 15) is 9.90 Å². The molecule has 0 bridgehead atoms. The highest BCUT2D eigenvalue weighted by Gasteiger charge is 2.43. The van der Waals surface area contributed by atoms with Crippen LogP contribution in [-0.4, -0.2) is 29.4 Å². The van der Waals surface area contributed by atoms with E-state index in [1.807, 2.05) is 54.8 Å². The topological polar surface area (TPSA) is 82.3 Å². The Morgan fingerprint density at radius 3 is 2.75 bits per heavy atom. The summed E-state index contributed by atoms with van der Waals surface area (Å²) in [5, 5.41) is 17.8. The Hall–Kier alpha value is -3.13. The van der Waals surface area contributed by atoms with Crippen LogP contribution in [0.5, 0.6) is 11.6 Å². The molecule has 1 aromatic heterocycles. The van der Waals surface area contributed by atoms with E-state index in [-0.39, 0.29) is 11.8 Å². The third-order valence-electron chi connectivity index (χ3n) is 4.63. The van der Waals surface area contributed by atoms with Crippen molar-refractivity contribution in [3.8, 4) is 22.9 Å². The summed E-state index contributed by atoms with van der Waals surface area (Å²) < 4.78 is 6.95. The number of anilines is 1. The van der Waals surface area contributed by atoms with Crippen LogP contribution in [0.1, 0.15) is 18.7 Å². The monoisotopic (exact) mass is 394 g/mol. The summed E-state index contributed by atoms with van der Waals surface area (Å²) in [4.78, 5) is 18.4. The van der Waals surface area contributed by atoms with Gasteiger partial charge in [-0.3, -0.25) is 4.79 Å². The summed E-state index contributed by atoms with van der Waals surface area (Å²) >= 11 is 1.28. The lowest BCUT2D eigenvalue weighted by atomic mass is 10.0. The molecule has 1 aliphatic rings. The number of amides is 1. The first kappa shape index (κ1) is 18.2. The number of fused-ring (bicyclic) bond motifs is 3. The number of thioether (sulfide) groups is 1. The van der Waals surface area contributed by atoms with Crippen molar-refractivity contribution in [1.82, 2.24) is 10.1 Å². The fourth-order valence-corrected chi connectivity index (χ4v) is 3.81. The molecule has 1 unspecified atom stereocenters. The molecule has 1 amide bonds. The maximum Gasteiger partial charge on any atom is 0.293 e. The van der Waals surface area contributed by atoms with Crippen LogP contribution in [0.3, 0.4) is 0 Å². The van der Waals surface area contributed by atoms with Crippen molar-refractivity contribution in [3.63, 3.8) is 0 Å². The lowest BCUT2D eigenvalue weighted by molar-refractivity contribution is -0.764. The highest BCUT2D eigenvalue weighted by molar-refractivity contribution is 7.98. The zero-order chi connectivity index (χ0) is 19.8. The SMILES string of the molecule is COc1cccc(C2N(C(C)=O)c3ccccc3-c3c([O-])nc(SC)n[n+]32)c1. The Balaban J connectivity index is 2.06. The van der Waals surface area contributed by atoms with Gasteiger partial charge in [0.15, 0.2) is 0 Å². The highest BCUT2D eigenvalue weighted by atomic mass is 32.2. The van der Waals surface area contributed by atoms with Gasteiger partial charge in [-0.1, -0.05) is 34.6 Å². The number of nitrogens with zero attached hydrogens (tertiary/aromatic N) is 4. The van der Waals surface area contributed by atoms with Crippen LogP contribution in [0.2, 0.25) is 0 Å². The molecule has 2 aromatic carbocycles. The smallest absolute Gasteiger partial charge is 0.293 e. The van der Waals surface area contributed by atoms with E-state index in [4.69, 9.17) is 4.74 Å². The average Bonchev–Trinajstić information content (AvgIpc) is 2.72. The Bertz CT molecular complexity index is 1070. The summed E-state index contributed by atoms with van der Waals surface area (Å²) in [6.07, 6.45) is 1.18. The number of ether oxygens (including phenoxy) is 1. The van der Waals surface area contributed by atoms with Gasteiger partial charge in [-0.05, 0) is 36.6 Å². The van der Waals surface area contributed by atoms with Crippen LogP contribution >= 0.6 is 11.8 Å². The summed E-state index contributed by atoms with van der Waals surface area (Å²) in [5.74, 6) is 0.126. The molecule has 0 saturated carbocycles. The van der Waals surface area contributed by atoms with Gasteiger partial charge in [-0.2, -0.15) is 0 Å². The molecule has 2 heterocycles. The predicted octanol–water partition coefficient (Wildman–Crippen LogP) is 2.15. The second-order valence-electron chi connectivity index (χ2n) is 6.25. The van der Waals surface area contributed by atoms with E-state index < -0.39 is 6.17 Å². The maximum absolute atomic E-state index is 12.9. The molecule has 0 aliphatic carbocycles. The minimum absolute atomic E-state index is 0.157. The fraction of sp³-hybridized carbons (Fsp3) is 0.200. The van der Waals surface area contributed by atoms with Crippen LogP contribution in [0, 0.1) is 0 Å². The molecule has 0 saturated heterocycles. The van der Waals surface area contributed by atoms with E-state index >= 15 is 0 Å². The van der Waals surface area contributed by atoms with Gasteiger partial charge in [0, 0.05) is 17.6 Å². The molecule has 7 nitrogen and oxygen atoms in total. The molecule has 3 aromatic rings. The van der Waals surface area contributed by atoms with Gasteiger partial charge >= 0.3 is 0 Å². The number of carbonyl (C=O) groups excluding carboxylic acids is 1. The first-order chi connectivity index (χ1) is 13.5. The van der Waals surface area contributed by atoms with Crippen molar-refractivity contribution in [3.05, 3.63) is 54.1 Å². The first-order valence-corrected chi connectivity index (χ1v) is 9.85. The van der Waals surface area contributed by atoms with E-state index in [1.54, 1.807) is 16.7 Å². The highest BCUT2D eigenvalue weighted by Crippen LogP contribution is 2.41. The third kappa shape index (κ3) is 2.86. The van der Waals surface area contributed by atoms with Gasteiger partial charge in [-0.25, -0.2) is 9.88 Å². The minimum Gasteiger partial charge on any atom is -0.854 e. The number of benzene rings is 2. The van der Waals surface area contributed by atoms with E-state index in [1.165, 1.54) is 18.7 Å². The lowest BCUT2D eigenvalue weighted by Gasteiger charge is -2.32. The predicted molar refractivity (Wildman–Crippen MR) is 103 cm³/mol. The number of hydrogen-bond acceptors (Lipinski definition) is 6. The van der Waals surface area contributed by atoms with Crippen LogP contribution in [0.4, 0.5) is 5.69 Å². The number of methoxy groups -OCH3 is 1. The number of hydrogen-bond donors (Lipinski definition) is 0. The normalized spacial score (nSPS) is 15.0. The van der Waals surface area contributed by atoms with Crippen LogP contribution in [-0.2, 0) is 4.79 Å². The fourth-order valence-electron chi connectivity index (χ4n) is 3.46. The number of aromatic nitrogens is 3. The van der Waals surface area contributed by atoms with Gasteiger partial charge in [0.05, 0.1) is 24.2 Å². The minimum atomic E-state index is -0.626. The molecule has 142 valence electrons. The molecule has 0 spiro atoms. The zero-order valence-electron chi connectivity index (χ0n) is 15.6. The van der Waals surface area contributed by atoms with Crippen LogP contribution in [0.15, 0.2) is 53.7 Å². The van der Waals surface area contributed by atoms with Crippen molar-refractivity contribution in [2.45, 2.75) is 18.2 Å². The molecule has 0 fully saturated rings. The van der Waals surface area contributed by atoms with Crippen molar-refractivity contribution >= 4 is 23.4 Å². The largest absolute Gasteiger partial charge is 0.854 e. The number of rotatable bonds is 3. The average molecular weight is 394 g/mol. The van der Waals surface area contributed by atoms with Gasteiger partial charge < -0.3 is 9.84 Å². The second kappa shape index (κ2) is 7.12. The standard InChI is InChI=1S/C20H18N4O3S/c1-12(25)23-16-10-5-4-9-15(16)17-18(26)21-20(28-3)22-24(17)19(23)13-7-6-8-14(11-13)27-2/h4-11,19H,1-3H3. The Labute approximate surface area is 166 Å². The van der Waals surface area contributed by atoms with Crippen LogP contribution < -0.4 is 19.4 Å². The molecule has 1 aliphatic heterocycles. The molecule has 4 rings (SSSR count). The molecular weight excluding hydrogens is 376 g/mol. The van der Waals surface area contributed by atoms with Crippen LogP contribution in [0.25, 0.3) is 11.3 Å². The number of para-hydroxylation sites is 1. The van der Waals surface area contributed by atoms with Gasteiger partial charge in [0.2, 0.25) is 5.91 Å². The van der Waals surface area contributed by atoms with Crippen molar-refractivity contribution in [1.29, 1.82) is 0 Å². The summed E-state index contributed by atoms with van der Waals surface area (Å²) in [7, 11) is 1.59. The zero-order valence-corrected chi connectivity index (χ0v) is 16.4. The number of carbonyl (C=O) groups is 1. The molecule has 8 heteroatoms. The van der Waals surface area contributed by atoms with E-state index in [0.717, 1.165) is 5.56 Å². The molecule has 0 N–H and O–H groups in total. The van der Waals surface area contributed by atoms with Gasteiger partial charge in [0.25, 0.3) is 17.0 Å². The van der Waals surface area contributed by atoms with Gasteiger partial charge in [0.1, 0.15) is 5.75 Å². The van der Waals surface area contributed by atoms with Gasteiger partial charge in [-0.15, -0.1) is 0 Å². The third-order valence-corrected chi connectivity index (χ3v) is 5.17. The summed E-state index contributed by atoms with van der Waals surface area (Å²) in [6, 6.07) is 14.7. The molecular formula is C20H18N4O3S. The second-order valence-corrected chi connectivity index (χ2v) is 7.03.